The molecular formula is C20H27BrN4. The van der Waals surface area contributed by atoms with Crippen LogP contribution in [0, 0.1) is 11.3 Å². The average molecular weight is 403 g/mol. The first-order valence-electron chi connectivity index (χ1n) is 9.67. The monoisotopic (exact) mass is 402 g/mol. The number of imidazole rings is 1. The van der Waals surface area contributed by atoms with Crippen LogP contribution in [0.4, 0.5) is 0 Å². The Balaban J connectivity index is 1.16. The zero-order valence-corrected chi connectivity index (χ0v) is 16.6. The number of nitrogens with zero attached hydrogens (tertiary/aromatic N) is 4. The highest BCUT2D eigenvalue weighted by Gasteiger charge is 2.55. The van der Waals surface area contributed by atoms with Crippen molar-refractivity contribution in [3.05, 3.63) is 34.7 Å². The van der Waals surface area contributed by atoms with E-state index in [0.717, 1.165) is 28.6 Å². The third kappa shape index (κ3) is 3.26. The zero-order chi connectivity index (χ0) is 17.0. The maximum absolute atomic E-state index is 4.78. The Morgan fingerprint density at radius 3 is 2.88 bits per heavy atom. The van der Waals surface area contributed by atoms with Crippen LogP contribution in [0.3, 0.4) is 0 Å². The van der Waals surface area contributed by atoms with Crippen molar-refractivity contribution < 1.29 is 0 Å². The van der Waals surface area contributed by atoms with E-state index in [4.69, 9.17) is 4.98 Å². The highest BCUT2D eigenvalue weighted by atomic mass is 79.9. The SMILES string of the molecule is CN(CC1CC12CCN(Cc1cn3ccc(Br)cc3n1)CC2)C1CC1. The summed E-state index contributed by atoms with van der Waals surface area (Å²) in [6.07, 6.45) is 11.4. The lowest BCUT2D eigenvalue weighted by Crippen LogP contribution is -2.36. The van der Waals surface area contributed by atoms with Gasteiger partial charge in [0.15, 0.2) is 0 Å². The fraction of sp³-hybridized carbons (Fsp3) is 0.650. The first-order valence-corrected chi connectivity index (χ1v) is 10.5. The van der Waals surface area contributed by atoms with Gasteiger partial charge in [-0.2, -0.15) is 0 Å². The molecule has 1 unspecified atom stereocenters. The Labute approximate surface area is 158 Å². The molecular weight excluding hydrogens is 376 g/mol. The minimum absolute atomic E-state index is 0.684. The Kier molecular flexibility index (Phi) is 3.95. The quantitative estimate of drug-likeness (QED) is 0.759. The highest BCUT2D eigenvalue weighted by Crippen LogP contribution is 2.59. The second-order valence-electron chi connectivity index (χ2n) is 8.55. The molecule has 1 atom stereocenters. The number of rotatable bonds is 5. The molecule has 3 aliphatic rings. The predicted molar refractivity (Wildman–Crippen MR) is 104 cm³/mol. The number of hydrogen-bond acceptors (Lipinski definition) is 3. The summed E-state index contributed by atoms with van der Waals surface area (Å²) in [5.74, 6) is 0.966. The van der Waals surface area contributed by atoms with Crippen LogP contribution in [0.25, 0.3) is 5.65 Å². The summed E-state index contributed by atoms with van der Waals surface area (Å²) in [6, 6.07) is 5.06. The van der Waals surface area contributed by atoms with Gasteiger partial charge in [0.1, 0.15) is 5.65 Å². The minimum Gasteiger partial charge on any atom is -0.307 e. The molecule has 1 aliphatic heterocycles. The molecule has 2 saturated carbocycles. The van der Waals surface area contributed by atoms with Gasteiger partial charge in [-0.15, -0.1) is 0 Å². The first-order chi connectivity index (χ1) is 12.1. The van der Waals surface area contributed by atoms with Crippen molar-refractivity contribution in [2.75, 3.05) is 26.7 Å². The number of aromatic nitrogens is 2. The first kappa shape index (κ1) is 16.3. The van der Waals surface area contributed by atoms with Crippen LogP contribution >= 0.6 is 15.9 Å². The third-order valence-electron chi connectivity index (χ3n) is 6.75. The standard InChI is InChI=1S/C20H27BrN4/c1-23(18-2-3-18)12-15-11-20(15)5-8-24(9-6-20)13-17-14-25-7-4-16(21)10-19(25)22-17/h4,7,10,14-15,18H,2-3,5-6,8-9,11-13H2,1H3. The van der Waals surface area contributed by atoms with E-state index >= 15 is 0 Å². The molecule has 0 radical (unpaired) electrons. The van der Waals surface area contributed by atoms with Crippen LogP contribution in [0.1, 0.15) is 37.8 Å². The van der Waals surface area contributed by atoms with E-state index in [1.165, 1.54) is 57.4 Å². The molecule has 134 valence electrons. The van der Waals surface area contributed by atoms with E-state index in [0.29, 0.717) is 5.41 Å². The number of halogens is 1. The Bertz CT molecular complexity index is 773. The van der Waals surface area contributed by atoms with Gasteiger partial charge in [0, 0.05) is 36.0 Å². The number of hydrogen-bond donors (Lipinski definition) is 0. The van der Waals surface area contributed by atoms with Crippen LogP contribution in [-0.2, 0) is 6.54 Å². The van der Waals surface area contributed by atoms with Crippen LogP contribution in [0.2, 0.25) is 0 Å². The van der Waals surface area contributed by atoms with Crippen molar-refractivity contribution in [2.45, 2.75) is 44.7 Å². The molecule has 5 heteroatoms. The molecule has 2 aromatic heterocycles. The van der Waals surface area contributed by atoms with E-state index in [1.54, 1.807) is 0 Å². The fourth-order valence-electron chi connectivity index (χ4n) is 4.79. The summed E-state index contributed by atoms with van der Waals surface area (Å²) in [7, 11) is 2.33. The summed E-state index contributed by atoms with van der Waals surface area (Å²) < 4.78 is 3.21. The van der Waals surface area contributed by atoms with Gasteiger partial charge in [-0.1, -0.05) is 15.9 Å². The minimum atomic E-state index is 0.684. The molecule has 3 fully saturated rings. The molecule has 2 aliphatic carbocycles. The largest absolute Gasteiger partial charge is 0.307 e. The Morgan fingerprint density at radius 1 is 1.32 bits per heavy atom. The molecule has 0 aromatic carbocycles. The molecule has 5 rings (SSSR count). The second kappa shape index (κ2) is 6.07. The van der Waals surface area contributed by atoms with E-state index < -0.39 is 0 Å². The second-order valence-corrected chi connectivity index (χ2v) is 9.47. The maximum Gasteiger partial charge on any atom is 0.138 e. The smallest absolute Gasteiger partial charge is 0.138 e. The van der Waals surface area contributed by atoms with E-state index in [2.05, 4.69) is 61.7 Å². The van der Waals surface area contributed by atoms with Crippen molar-refractivity contribution >= 4 is 21.6 Å². The van der Waals surface area contributed by atoms with Gasteiger partial charge >= 0.3 is 0 Å². The van der Waals surface area contributed by atoms with Gasteiger partial charge in [-0.25, -0.2) is 4.98 Å². The molecule has 25 heavy (non-hydrogen) atoms. The summed E-state index contributed by atoms with van der Waals surface area (Å²) in [5.41, 5.74) is 2.90. The third-order valence-corrected chi connectivity index (χ3v) is 7.24. The Morgan fingerprint density at radius 2 is 2.12 bits per heavy atom. The topological polar surface area (TPSA) is 23.8 Å². The lowest BCUT2D eigenvalue weighted by molar-refractivity contribution is 0.147. The van der Waals surface area contributed by atoms with Gasteiger partial charge in [0.25, 0.3) is 0 Å². The Hall–Kier alpha value is -0.910. The number of piperidine rings is 1. The maximum atomic E-state index is 4.78. The lowest BCUT2D eigenvalue weighted by Gasteiger charge is -2.33. The summed E-state index contributed by atoms with van der Waals surface area (Å²) in [6.45, 7) is 4.80. The zero-order valence-electron chi connectivity index (χ0n) is 15.0. The lowest BCUT2D eigenvalue weighted by atomic mass is 9.90. The van der Waals surface area contributed by atoms with Gasteiger partial charge < -0.3 is 9.30 Å². The predicted octanol–water partition coefficient (Wildman–Crippen LogP) is 3.79. The summed E-state index contributed by atoms with van der Waals surface area (Å²) in [5, 5.41) is 0. The molecule has 1 saturated heterocycles. The normalized spacial score (nSPS) is 26.0. The molecule has 2 aromatic rings. The van der Waals surface area contributed by atoms with Crippen LogP contribution in [-0.4, -0.2) is 51.9 Å². The number of fused-ring (bicyclic) bond motifs is 1. The van der Waals surface area contributed by atoms with Crippen molar-refractivity contribution in [3.63, 3.8) is 0 Å². The average Bonchev–Trinajstić information content (AvgIpc) is 3.49. The molecule has 0 amide bonds. The number of likely N-dealkylation sites (tertiary alicyclic amines) is 1. The highest BCUT2D eigenvalue weighted by molar-refractivity contribution is 9.10. The van der Waals surface area contributed by atoms with Crippen LogP contribution in [0.15, 0.2) is 29.0 Å². The molecule has 1 spiro atoms. The molecule has 0 bridgehead atoms. The van der Waals surface area contributed by atoms with Gasteiger partial charge in [0.05, 0.1) is 5.69 Å². The van der Waals surface area contributed by atoms with Crippen molar-refractivity contribution in [3.8, 4) is 0 Å². The van der Waals surface area contributed by atoms with E-state index in [-0.39, 0.29) is 0 Å². The summed E-state index contributed by atoms with van der Waals surface area (Å²) in [4.78, 5) is 10.0. The van der Waals surface area contributed by atoms with E-state index in [1.807, 2.05) is 0 Å². The molecule has 3 heterocycles. The van der Waals surface area contributed by atoms with Crippen molar-refractivity contribution in [1.29, 1.82) is 0 Å². The molecule has 0 N–H and O–H groups in total. The fourth-order valence-corrected chi connectivity index (χ4v) is 5.11. The van der Waals surface area contributed by atoms with Crippen LogP contribution < -0.4 is 0 Å². The van der Waals surface area contributed by atoms with Gasteiger partial charge in [0.2, 0.25) is 0 Å². The van der Waals surface area contributed by atoms with Crippen molar-refractivity contribution in [1.82, 2.24) is 19.2 Å². The van der Waals surface area contributed by atoms with Gasteiger partial charge in [-0.05, 0) is 75.7 Å². The van der Waals surface area contributed by atoms with Crippen molar-refractivity contribution in [2.24, 2.45) is 11.3 Å². The van der Waals surface area contributed by atoms with Crippen LogP contribution in [0.5, 0.6) is 0 Å². The van der Waals surface area contributed by atoms with E-state index in [9.17, 15) is 0 Å². The number of pyridine rings is 1. The van der Waals surface area contributed by atoms with Gasteiger partial charge in [-0.3, -0.25) is 4.90 Å². The molecule has 4 nitrogen and oxygen atoms in total. The summed E-state index contributed by atoms with van der Waals surface area (Å²) >= 11 is 3.53.